The molecule has 2 amide bonds. The Bertz CT molecular complexity index is 1390. The van der Waals surface area contributed by atoms with Crippen molar-refractivity contribution in [3.63, 3.8) is 0 Å². The molecule has 4 aliphatic rings. The molecule has 0 radical (unpaired) electrons. The first kappa shape index (κ1) is 33.3. The lowest BCUT2D eigenvalue weighted by Gasteiger charge is -2.55. The Balaban J connectivity index is 1.38. The smallest absolute Gasteiger partial charge is 0.417 e. The normalized spacial score (nSPS) is 28.3. The van der Waals surface area contributed by atoms with Gasteiger partial charge in [0.1, 0.15) is 5.60 Å². The molecule has 0 aromatic heterocycles. The quantitative estimate of drug-likeness (QED) is 0.300. The van der Waals surface area contributed by atoms with Gasteiger partial charge in [0.2, 0.25) is 5.91 Å². The van der Waals surface area contributed by atoms with E-state index in [1.807, 2.05) is 63.2 Å². The first-order chi connectivity index (χ1) is 20.7. The van der Waals surface area contributed by atoms with Crippen LogP contribution in [0.1, 0.15) is 91.5 Å². The average molecular weight is 631 g/mol. The summed E-state index contributed by atoms with van der Waals surface area (Å²) in [5.74, 6) is -1.36. The van der Waals surface area contributed by atoms with Crippen molar-refractivity contribution in [1.29, 1.82) is 0 Å². The minimum Gasteiger partial charge on any atom is -0.444 e. The lowest BCUT2D eigenvalue weighted by Crippen LogP contribution is -2.61. The van der Waals surface area contributed by atoms with Crippen molar-refractivity contribution < 1.29 is 37.7 Å². The number of halogens is 3. The number of benzene rings is 2. The van der Waals surface area contributed by atoms with E-state index in [4.69, 9.17) is 4.74 Å². The van der Waals surface area contributed by atoms with Gasteiger partial charge in [0.15, 0.2) is 5.60 Å². The SMILES string of the molecule is CC(C)(C)OC(=O)NC12CCC(CN(c3cccc(-c4ccc(C(C)(C)O)cc4)c3)C(=O)[C@H]3C[C@](O)(C(F)(F)F)C3)(CC1)CC2. The van der Waals surface area contributed by atoms with Crippen molar-refractivity contribution in [1.82, 2.24) is 5.32 Å². The fraction of sp³-hybridized carbons (Fsp3) is 0.600. The number of fused-ring (bicyclic) bond motifs is 3. The molecular weight excluding hydrogens is 585 g/mol. The molecule has 6 rings (SSSR count). The average Bonchev–Trinajstić information content (AvgIpc) is 2.93. The lowest BCUT2D eigenvalue weighted by atomic mass is 9.57. The van der Waals surface area contributed by atoms with Crippen LogP contribution in [-0.4, -0.2) is 51.7 Å². The van der Waals surface area contributed by atoms with Crippen LogP contribution < -0.4 is 10.2 Å². The largest absolute Gasteiger partial charge is 0.444 e. The Labute approximate surface area is 263 Å². The van der Waals surface area contributed by atoms with Gasteiger partial charge in [0.05, 0.1) is 5.60 Å². The van der Waals surface area contributed by atoms with Gasteiger partial charge in [-0.3, -0.25) is 4.79 Å². The second kappa shape index (κ2) is 11.3. The van der Waals surface area contributed by atoms with Crippen LogP contribution in [0.4, 0.5) is 23.7 Å². The fourth-order valence-electron chi connectivity index (χ4n) is 7.15. The fourth-order valence-corrected chi connectivity index (χ4v) is 7.15. The monoisotopic (exact) mass is 630 g/mol. The molecule has 45 heavy (non-hydrogen) atoms. The highest BCUT2D eigenvalue weighted by atomic mass is 19.4. The van der Waals surface area contributed by atoms with Crippen LogP contribution in [0.15, 0.2) is 48.5 Å². The molecule has 246 valence electrons. The molecule has 2 aromatic carbocycles. The van der Waals surface area contributed by atoms with Crippen LogP contribution in [0.3, 0.4) is 0 Å². The summed E-state index contributed by atoms with van der Waals surface area (Å²) in [6, 6.07) is 14.9. The van der Waals surface area contributed by atoms with Crippen molar-refractivity contribution in [3.05, 3.63) is 54.1 Å². The Morgan fingerprint density at radius 1 is 0.911 bits per heavy atom. The Kier molecular flexibility index (Phi) is 8.35. The second-order valence-corrected chi connectivity index (χ2v) is 15.2. The van der Waals surface area contributed by atoms with Gasteiger partial charge in [-0.25, -0.2) is 4.79 Å². The minimum absolute atomic E-state index is 0.249. The number of rotatable bonds is 7. The number of amides is 2. The molecule has 0 atom stereocenters. The predicted octanol–water partition coefficient (Wildman–Crippen LogP) is 7.24. The third-order valence-corrected chi connectivity index (χ3v) is 10.1. The minimum atomic E-state index is -4.79. The lowest BCUT2D eigenvalue weighted by molar-refractivity contribution is -0.295. The van der Waals surface area contributed by atoms with Crippen LogP contribution in [-0.2, 0) is 15.1 Å². The van der Waals surface area contributed by atoms with E-state index in [-0.39, 0.29) is 11.0 Å². The number of aliphatic hydroxyl groups is 2. The molecule has 7 nitrogen and oxygen atoms in total. The number of hydrogen-bond acceptors (Lipinski definition) is 5. The zero-order chi connectivity index (χ0) is 33.1. The first-order valence-electron chi connectivity index (χ1n) is 15.8. The number of nitrogens with one attached hydrogen (secondary N) is 1. The molecule has 0 heterocycles. The number of anilines is 1. The van der Waals surface area contributed by atoms with Gasteiger partial charge >= 0.3 is 12.3 Å². The van der Waals surface area contributed by atoms with Gasteiger partial charge in [-0.15, -0.1) is 0 Å². The molecule has 4 fully saturated rings. The molecule has 4 saturated carbocycles. The summed E-state index contributed by atoms with van der Waals surface area (Å²) in [6.45, 7) is 9.22. The van der Waals surface area contributed by atoms with Gasteiger partial charge in [-0.05, 0) is 120 Å². The van der Waals surface area contributed by atoms with Gasteiger partial charge in [-0.1, -0.05) is 36.4 Å². The standard InChI is InChI=1S/C35H45F3N2O5/c1-30(2,3)45-29(42)39-33-16-13-32(14-17-33,15-18-33)22-40(28(41)25-20-34(44,21-25)35(36,37)38)27-8-6-7-24(19-27)23-9-11-26(12-10-23)31(4,5)43/h6-12,19,25,43-44H,13-18,20-22H2,1-5H3,(H,39,42)/t25-,32?,33?,34+. The van der Waals surface area contributed by atoms with Crippen LogP contribution >= 0.6 is 0 Å². The molecule has 0 spiro atoms. The number of ether oxygens (including phenoxy) is 1. The van der Waals surface area contributed by atoms with Gasteiger partial charge < -0.3 is 25.2 Å². The van der Waals surface area contributed by atoms with E-state index in [1.54, 1.807) is 24.8 Å². The summed E-state index contributed by atoms with van der Waals surface area (Å²) < 4.78 is 45.9. The number of carbonyl (C=O) groups excluding carboxylic acids is 2. The summed E-state index contributed by atoms with van der Waals surface area (Å²) in [5, 5.41) is 23.6. The van der Waals surface area contributed by atoms with E-state index in [1.165, 1.54) is 0 Å². The molecule has 10 heteroatoms. The molecule has 2 bridgehead atoms. The predicted molar refractivity (Wildman–Crippen MR) is 165 cm³/mol. The van der Waals surface area contributed by atoms with Crippen molar-refractivity contribution in [2.24, 2.45) is 11.3 Å². The Hall–Kier alpha value is -3.11. The van der Waals surface area contributed by atoms with Crippen LogP contribution in [0.2, 0.25) is 0 Å². The summed E-state index contributed by atoms with van der Waals surface area (Å²) in [5.41, 5.74) is -2.01. The van der Waals surface area contributed by atoms with Crippen molar-refractivity contribution in [2.45, 2.75) is 115 Å². The van der Waals surface area contributed by atoms with E-state index in [2.05, 4.69) is 5.32 Å². The van der Waals surface area contributed by atoms with Gasteiger partial charge in [0.25, 0.3) is 0 Å². The number of nitrogens with zero attached hydrogens (tertiary/aromatic N) is 1. The van der Waals surface area contributed by atoms with Crippen molar-refractivity contribution in [2.75, 3.05) is 11.4 Å². The highest BCUT2D eigenvalue weighted by Gasteiger charge is 2.63. The van der Waals surface area contributed by atoms with Crippen molar-refractivity contribution in [3.8, 4) is 11.1 Å². The second-order valence-electron chi connectivity index (χ2n) is 15.2. The van der Waals surface area contributed by atoms with Crippen molar-refractivity contribution >= 4 is 17.7 Å². The molecule has 0 unspecified atom stereocenters. The first-order valence-corrected chi connectivity index (χ1v) is 15.8. The molecule has 4 aliphatic carbocycles. The maximum Gasteiger partial charge on any atom is 0.417 e. The van der Waals surface area contributed by atoms with Crippen LogP contribution in [0, 0.1) is 11.3 Å². The van der Waals surface area contributed by atoms with Gasteiger partial charge in [-0.2, -0.15) is 13.2 Å². The number of alkyl carbamates (subject to hydrolysis) is 1. The van der Waals surface area contributed by atoms with Crippen LogP contribution in [0.25, 0.3) is 11.1 Å². The topological polar surface area (TPSA) is 99.1 Å². The Morgan fingerprint density at radius 2 is 1.49 bits per heavy atom. The molecule has 0 saturated heterocycles. The van der Waals surface area contributed by atoms with E-state index in [0.717, 1.165) is 55.2 Å². The highest BCUT2D eigenvalue weighted by Crippen LogP contribution is 2.54. The van der Waals surface area contributed by atoms with Gasteiger partial charge in [0, 0.05) is 23.7 Å². The number of alkyl halides is 3. The number of carbonyl (C=O) groups is 2. The number of hydrogen-bond donors (Lipinski definition) is 3. The third-order valence-electron chi connectivity index (χ3n) is 10.1. The third kappa shape index (κ3) is 7.02. The summed E-state index contributed by atoms with van der Waals surface area (Å²) in [6.07, 6.45) is -2.12. The molecule has 3 N–H and O–H groups in total. The zero-order valence-corrected chi connectivity index (χ0v) is 26.8. The Morgan fingerprint density at radius 3 is 2.00 bits per heavy atom. The summed E-state index contributed by atoms with van der Waals surface area (Å²) >= 11 is 0. The van der Waals surface area contributed by atoms with E-state index in [9.17, 15) is 33.0 Å². The molecular formula is C35H45F3N2O5. The maximum absolute atomic E-state index is 14.0. The highest BCUT2D eigenvalue weighted by molar-refractivity contribution is 5.96. The van der Waals surface area contributed by atoms with Crippen LogP contribution in [0.5, 0.6) is 0 Å². The summed E-state index contributed by atoms with van der Waals surface area (Å²) in [4.78, 5) is 28.2. The van der Waals surface area contributed by atoms with E-state index >= 15 is 0 Å². The zero-order valence-electron chi connectivity index (χ0n) is 26.8. The summed E-state index contributed by atoms with van der Waals surface area (Å²) in [7, 11) is 0. The molecule has 0 aliphatic heterocycles. The maximum atomic E-state index is 14.0. The van der Waals surface area contributed by atoms with E-state index < -0.39 is 53.7 Å². The molecule has 2 aromatic rings. The van der Waals surface area contributed by atoms with E-state index in [0.29, 0.717) is 12.2 Å².